The third kappa shape index (κ3) is 2.60. The highest BCUT2D eigenvalue weighted by Gasteiger charge is 2.43. The van der Waals surface area contributed by atoms with E-state index in [1.54, 1.807) is 0 Å². The molecule has 0 bridgehead atoms. The van der Waals surface area contributed by atoms with Crippen molar-refractivity contribution in [1.82, 2.24) is 0 Å². The number of hydrogen-bond acceptors (Lipinski definition) is 1. The zero-order valence-electron chi connectivity index (χ0n) is 11.7. The van der Waals surface area contributed by atoms with Gasteiger partial charge in [0.1, 0.15) is 0 Å². The Bertz CT molecular complexity index is 374. The van der Waals surface area contributed by atoms with E-state index >= 15 is 0 Å². The summed E-state index contributed by atoms with van der Waals surface area (Å²) in [6.45, 7) is 6.35. The molecule has 0 spiro atoms. The van der Waals surface area contributed by atoms with Crippen molar-refractivity contribution in [3.8, 4) is 0 Å². The smallest absolute Gasteiger partial charge is 0.0748 e. The topological polar surface area (TPSA) is 36.9 Å². The normalized spacial score (nSPS) is 32.4. The van der Waals surface area contributed by atoms with Crippen molar-refractivity contribution in [2.75, 3.05) is 13.2 Å². The average molecular weight is 248 g/mol. The zero-order valence-corrected chi connectivity index (χ0v) is 11.7. The maximum atomic E-state index is 6.02. The summed E-state index contributed by atoms with van der Waals surface area (Å²) >= 11 is 0. The molecule has 1 aliphatic heterocycles. The lowest BCUT2D eigenvalue weighted by Crippen LogP contribution is -2.55. The van der Waals surface area contributed by atoms with Gasteiger partial charge < -0.3 is 10.5 Å². The first-order valence-electron chi connectivity index (χ1n) is 7.13. The minimum atomic E-state index is 0.0310. The summed E-state index contributed by atoms with van der Waals surface area (Å²) in [5.74, 6) is 0. The van der Waals surface area contributed by atoms with Gasteiger partial charge in [0.15, 0.2) is 0 Å². The number of hydrogen-bond donors (Lipinski definition) is 1. The number of quaternary nitrogens is 1. The van der Waals surface area contributed by atoms with Crippen LogP contribution in [0.4, 0.5) is 0 Å². The summed E-state index contributed by atoms with van der Waals surface area (Å²) in [7, 11) is 0. The molecule has 0 saturated carbocycles. The summed E-state index contributed by atoms with van der Waals surface area (Å²) in [5.41, 5.74) is 5.85. The third-order valence-electron chi connectivity index (χ3n) is 4.53. The molecule has 0 aromatic heterocycles. The van der Waals surface area contributed by atoms with Crippen LogP contribution in [0, 0.1) is 0 Å². The first kappa shape index (κ1) is 13.6. The van der Waals surface area contributed by atoms with E-state index < -0.39 is 0 Å². The van der Waals surface area contributed by atoms with Crippen LogP contribution < -0.4 is 5.73 Å². The number of benzene rings is 1. The maximum Gasteiger partial charge on any atom is 0.0748 e. The van der Waals surface area contributed by atoms with Crippen molar-refractivity contribution in [2.24, 2.45) is 0 Å². The highest BCUT2D eigenvalue weighted by atomic mass is 16.5. The van der Waals surface area contributed by atoms with E-state index in [0.29, 0.717) is 0 Å². The fourth-order valence-corrected chi connectivity index (χ4v) is 3.31. The SMILES string of the molecule is CC[C@@]1(C)C[C@@](CC[NH3+])(c2ccccc2)CCO1. The largest absolute Gasteiger partial charge is 0.375 e. The van der Waals surface area contributed by atoms with Gasteiger partial charge >= 0.3 is 0 Å². The lowest BCUT2D eigenvalue weighted by molar-refractivity contribution is -0.372. The average Bonchev–Trinajstić information content (AvgIpc) is 2.40. The van der Waals surface area contributed by atoms with Gasteiger partial charge in [0, 0.05) is 18.4 Å². The lowest BCUT2D eigenvalue weighted by atomic mass is 9.66. The molecule has 18 heavy (non-hydrogen) atoms. The first-order chi connectivity index (χ1) is 8.64. The third-order valence-corrected chi connectivity index (χ3v) is 4.53. The van der Waals surface area contributed by atoms with Gasteiger partial charge in [-0.3, -0.25) is 0 Å². The van der Waals surface area contributed by atoms with Crippen LogP contribution in [-0.4, -0.2) is 18.8 Å². The zero-order chi connectivity index (χ0) is 13.1. The Morgan fingerprint density at radius 1 is 1.28 bits per heavy atom. The number of rotatable bonds is 4. The minimum absolute atomic E-state index is 0.0310. The summed E-state index contributed by atoms with van der Waals surface area (Å²) < 4.78 is 6.02. The summed E-state index contributed by atoms with van der Waals surface area (Å²) in [6, 6.07) is 11.0. The molecule has 100 valence electrons. The molecule has 0 amide bonds. The van der Waals surface area contributed by atoms with Gasteiger partial charge in [0.2, 0.25) is 0 Å². The second kappa shape index (κ2) is 5.41. The van der Waals surface area contributed by atoms with Gasteiger partial charge in [0.25, 0.3) is 0 Å². The summed E-state index contributed by atoms with van der Waals surface area (Å²) in [5, 5.41) is 0. The highest BCUT2D eigenvalue weighted by molar-refractivity contribution is 5.27. The van der Waals surface area contributed by atoms with Crippen LogP contribution in [0.15, 0.2) is 30.3 Å². The van der Waals surface area contributed by atoms with Crippen molar-refractivity contribution in [2.45, 2.75) is 50.5 Å². The van der Waals surface area contributed by atoms with Crippen molar-refractivity contribution in [1.29, 1.82) is 0 Å². The molecule has 1 aromatic rings. The van der Waals surface area contributed by atoms with E-state index in [9.17, 15) is 0 Å². The fourth-order valence-electron chi connectivity index (χ4n) is 3.31. The molecular weight excluding hydrogens is 222 g/mol. The van der Waals surface area contributed by atoms with Gasteiger partial charge in [-0.25, -0.2) is 0 Å². The molecule has 1 heterocycles. The van der Waals surface area contributed by atoms with E-state index in [1.807, 2.05) is 0 Å². The van der Waals surface area contributed by atoms with Gasteiger partial charge in [0.05, 0.1) is 12.1 Å². The van der Waals surface area contributed by atoms with E-state index in [0.717, 1.165) is 38.8 Å². The standard InChI is InChI=1S/C16H25NO/c1-3-15(2)13-16(9-11-17,10-12-18-15)14-7-5-4-6-8-14/h4-8H,3,9-13,17H2,1-2H3/p+1/t15-,16-/m0/s1. The molecule has 1 fully saturated rings. The summed E-state index contributed by atoms with van der Waals surface area (Å²) in [4.78, 5) is 0. The molecule has 1 saturated heterocycles. The second-order valence-electron chi connectivity index (χ2n) is 5.83. The van der Waals surface area contributed by atoms with Gasteiger partial charge in [-0.1, -0.05) is 37.3 Å². The summed E-state index contributed by atoms with van der Waals surface area (Å²) in [6.07, 6.45) is 4.49. The van der Waals surface area contributed by atoms with Gasteiger partial charge in [-0.15, -0.1) is 0 Å². The Morgan fingerprint density at radius 3 is 2.61 bits per heavy atom. The number of ether oxygens (including phenoxy) is 1. The van der Waals surface area contributed by atoms with Crippen LogP contribution in [0.3, 0.4) is 0 Å². The first-order valence-corrected chi connectivity index (χ1v) is 7.13. The van der Waals surface area contributed by atoms with Gasteiger partial charge in [-0.2, -0.15) is 0 Å². The molecule has 3 N–H and O–H groups in total. The molecule has 2 atom stereocenters. The highest BCUT2D eigenvalue weighted by Crippen LogP contribution is 2.44. The molecule has 0 radical (unpaired) electrons. The van der Waals surface area contributed by atoms with E-state index in [1.165, 1.54) is 5.56 Å². The Morgan fingerprint density at radius 2 is 2.00 bits per heavy atom. The molecule has 1 aliphatic rings. The lowest BCUT2D eigenvalue weighted by Gasteiger charge is -2.46. The van der Waals surface area contributed by atoms with E-state index in [2.05, 4.69) is 49.9 Å². The van der Waals surface area contributed by atoms with Crippen LogP contribution in [0.1, 0.15) is 45.1 Å². The van der Waals surface area contributed by atoms with Crippen molar-refractivity contribution in [3.63, 3.8) is 0 Å². The van der Waals surface area contributed by atoms with E-state index in [4.69, 9.17) is 4.74 Å². The van der Waals surface area contributed by atoms with Crippen LogP contribution >= 0.6 is 0 Å². The van der Waals surface area contributed by atoms with Crippen molar-refractivity contribution in [3.05, 3.63) is 35.9 Å². The molecular formula is C16H26NO+. The van der Waals surface area contributed by atoms with Crippen LogP contribution in [0.5, 0.6) is 0 Å². The van der Waals surface area contributed by atoms with Crippen LogP contribution in [-0.2, 0) is 10.2 Å². The predicted octanol–water partition coefficient (Wildman–Crippen LogP) is 2.54. The Labute approximate surface area is 111 Å². The molecule has 2 rings (SSSR count). The quantitative estimate of drug-likeness (QED) is 0.873. The maximum absolute atomic E-state index is 6.02. The van der Waals surface area contributed by atoms with Gasteiger partial charge in [-0.05, 0) is 31.7 Å². The van der Waals surface area contributed by atoms with E-state index in [-0.39, 0.29) is 11.0 Å². The molecule has 2 nitrogen and oxygen atoms in total. The minimum Gasteiger partial charge on any atom is -0.375 e. The Hall–Kier alpha value is -0.860. The van der Waals surface area contributed by atoms with Crippen molar-refractivity contribution < 1.29 is 10.5 Å². The molecule has 1 aromatic carbocycles. The van der Waals surface area contributed by atoms with Crippen LogP contribution in [0.2, 0.25) is 0 Å². The van der Waals surface area contributed by atoms with Crippen LogP contribution in [0.25, 0.3) is 0 Å². The second-order valence-corrected chi connectivity index (χ2v) is 5.83. The molecule has 0 unspecified atom stereocenters. The monoisotopic (exact) mass is 248 g/mol. The molecule has 0 aliphatic carbocycles. The predicted molar refractivity (Wildman–Crippen MR) is 74.4 cm³/mol. The molecule has 2 heteroatoms. The Kier molecular flexibility index (Phi) is 4.08. The van der Waals surface area contributed by atoms with Crippen molar-refractivity contribution >= 4 is 0 Å². The Balaban J connectivity index is 2.32. The fraction of sp³-hybridized carbons (Fsp3) is 0.625.